The molecule has 0 spiro atoms. The molecule has 12 heteroatoms. The monoisotopic (exact) mass is 752 g/mol. The fourth-order valence-electron chi connectivity index (χ4n) is 6.47. The third kappa shape index (κ3) is 18.3. The highest BCUT2D eigenvalue weighted by atomic mass is 28.5. The first-order chi connectivity index (χ1) is 22.7. The van der Waals surface area contributed by atoms with E-state index < -0.39 is 34.2 Å². The molecule has 0 aromatic heterocycles. The van der Waals surface area contributed by atoms with Gasteiger partial charge < -0.3 is 35.4 Å². The molecular formula is C36H80O8Si4. The first-order valence-corrected chi connectivity index (χ1v) is 28.8. The van der Waals surface area contributed by atoms with E-state index in [0.717, 1.165) is 100 Å². The second kappa shape index (κ2) is 24.7. The molecule has 1 aliphatic rings. The highest BCUT2D eigenvalue weighted by Gasteiger charge is 2.61. The Labute approximate surface area is 302 Å². The van der Waals surface area contributed by atoms with Crippen molar-refractivity contribution in [1.29, 1.82) is 0 Å². The predicted octanol–water partition coefficient (Wildman–Crippen LogP) is 10.2. The van der Waals surface area contributed by atoms with E-state index in [1.807, 2.05) is 0 Å². The van der Waals surface area contributed by atoms with Crippen LogP contribution < -0.4 is 0 Å². The average Bonchev–Trinajstić information content (AvgIpc) is 2.98. The molecule has 1 fully saturated rings. The predicted molar refractivity (Wildman–Crippen MR) is 210 cm³/mol. The normalized spacial score (nSPS) is 27.0. The van der Waals surface area contributed by atoms with Crippen molar-refractivity contribution in [3.63, 3.8) is 0 Å². The van der Waals surface area contributed by atoms with Gasteiger partial charge in [-0.25, -0.2) is 0 Å². The van der Waals surface area contributed by atoms with Crippen LogP contribution >= 0.6 is 0 Å². The van der Waals surface area contributed by atoms with Crippen LogP contribution in [-0.4, -0.2) is 87.1 Å². The van der Waals surface area contributed by atoms with E-state index in [4.69, 9.17) is 35.4 Å². The standard InChI is InChI=1S/C36H80O8Si4/c1-13-21-45(25-17-37-29-33(5)6)41-46(22-14-2,26-18-38-30-34(7)8)43-48(24-16-4,28-20-40-32-36(11)12)44-47(42-45,23-15-3)27-19-39-31-35(9)10/h33-36H,13-32H2,1-12H3. The third-order valence-corrected chi connectivity index (χ3v) is 29.1. The van der Waals surface area contributed by atoms with E-state index >= 15 is 0 Å². The van der Waals surface area contributed by atoms with Crippen LogP contribution in [0.4, 0.5) is 0 Å². The molecular weight excluding hydrogens is 673 g/mol. The van der Waals surface area contributed by atoms with Gasteiger partial charge in [0.2, 0.25) is 0 Å². The van der Waals surface area contributed by atoms with Crippen LogP contribution in [0.15, 0.2) is 0 Å². The van der Waals surface area contributed by atoms with Crippen LogP contribution in [0.3, 0.4) is 0 Å². The zero-order valence-electron chi connectivity index (χ0n) is 33.7. The van der Waals surface area contributed by atoms with Crippen LogP contribution in [0.2, 0.25) is 48.4 Å². The molecule has 0 radical (unpaired) electrons. The van der Waals surface area contributed by atoms with Crippen molar-refractivity contribution in [1.82, 2.24) is 0 Å². The van der Waals surface area contributed by atoms with Crippen molar-refractivity contribution in [3.8, 4) is 0 Å². The minimum atomic E-state index is -2.86. The summed E-state index contributed by atoms with van der Waals surface area (Å²) in [4.78, 5) is 0. The van der Waals surface area contributed by atoms with E-state index in [1.165, 1.54) is 0 Å². The summed E-state index contributed by atoms with van der Waals surface area (Å²) in [5, 5.41) is 0. The topological polar surface area (TPSA) is 73.8 Å². The average molecular weight is 753 g/mol. The molecule has 0 aliphatic carbocycles. The zero-order valence-corrected chi connectivity index (χ0v) is 37.7. The lowest BCUT2D eigenvalue weighted by Gasteiger charge is -2.54. The molecule has 0 atom stereocenters. The molecule has 1 rings (SSSR count). The Bertz CT molecular complexity index is 666. The molecule has 0 aromatic carbocycles. The molecule has 0 N–H and O–H groups in total. The SMILES string of the molecule is CCC[Si]1(CCOCC(C)C)O[Si](CCC)(CCOCC(C)C)O[Si](CCC)(CCOCC(C)C)O[Si](CCC)(CCOCC(C)C)O1. The zero-order chi connectivity index (χ0) is 36.1. The van der Waals surface area contributed by atoms with E-state index in [1.54, 1.807) is 0 Å². The van der Waals surface area contributed by atoms with Gasteiger partial charge in [0, 0.05) is 77.0 Å². The molecule has 0 saturated carbocycles. The lowest BCUT2D eigenvalue weighted by molar-refractivity contribution is 0.100. The van der Waals surface area contributed by atoms with Gasteiger partial charge in [-0.15, -0.1) is 0 Å². The van der Waals surface area contributed by atoms with Crippen LogP contribution in [0.5, 0.6) is 0 Å². The minimum absolute atomic E-state index is 0.483. The Morgan fingerprint density at radius 3 is 0.667 bits per heavy atom. The quantitative estimate of drug-likeness (QED) is 0.0578. The molecule has 1 saturated heterocycles. The summed E-state index contributed by atoms with van der Waals surface area (Å²) in [5.74, 6) is 1.93. The van der Waals surface area contributed by atoms with E-state index in [0.29, 0.717) is 50.1 Å². The lowest BCUT2D eigenvalue weighted by Crippen LogP contribution is -2.70. The van der Waals surface area contributed by atoms with E-state index in [9.17, 15) is 0 Å². The molecule has 0 amide bonds. The van der Waals surface area contributed by atoms with Crippen molar-refractivity contribution >= 4 is 34.2 Å². The van der Waals surface area contributed by atoms with Crippen LogP contribution in [0.25, 0.3) is 0 Å². The second-order valence-corrected chi connectivity index (χ2v) is 30.5. The van der Waals surface area contributed by atoms with Gasteiger partial charge in [0.15, 0.2) is 0 Å². The summed E-state index contributed by atoms with van der Waals surface area (Å²) < 4.78 is 56.5. The largest absolute Gasteiger partial charge is 0.415 e. The highest BCUT2D eigenvalue weighted by Crippen LogP contribution is 2.44. The molecule has 1 heterocycles. The molecule has 0 bridgehead atoms. The van der Waals surface area contributed by atoms with Gasteiger partial charge >= 0.3 is 34.2 Å². The van der Waals surface area contributed by atoms with Crippen LogP contribution in [-0.2, 0) is 35.4 Å². The van der Waals surface area contributed by atoms with Crippen LogP contribution in [0.1, 0.15) is 109 Å². The number of rotatable bonds is 28. The molecule has 288 valence electrons. The third-order valence-electron chi connectivity index (χ3n) is 8.33. The van der Waals surface area contributed by atoms with Gasteiger partial charge in [0.05, 0.1) is 0 Å². The fraction of sp³-hybridized carbons (Fsp3) is 1.00. The number of hydrogen-bond donors (Lipinski definition) is 0. The first-order valence-electron chi connectivity index (χ1n) is 19.9. The van der Waals surface area contributed by atoms with Gasteiger partial charge in [-0.3, -0.25) is 0 Å². The molecule has 48 heavy (non-hydrogen) atoms. The van der Waals surface area contributed by atoms with Crippen molar-refractivity contribution < 1.29 is 35.4 Å². The smallest absolute Gasteiger partial charge is 0.322 e. The summed E-state index contributed by atoms with van der Waals surface area (Å²) in [6.07, 6.45) is 3.99. The Morgan fingerprint density at radius 1 is 0.333 bits per heavy atom. The highest BCUT2D eigenvalue weighted by molar-refractivity contribution is 6.95. The molecule has 1 aliphatic heterocycles. The Hall–Kier alpha value is 0.548. The Morgan fingerprint density at radius 2 is 0.521 bits per heavy atom. The minimum Gasteiger partial charge on any atom is -0.415 e. The summed E-state index contributed by atoms with van der Waals surface area (Å²) in [6, 6.07) is 6.88. The number of hydrogen-bond acceptors (Lipinski definition) is 8. The van der Waals surface area contributed by atoms with E-state index in [2.05, 4.69) is 83.1 Å². The summed E-state index contributed by atoms with van der Waals surface area (Å²) in [7, 11) is -11.4. The maximum absolute atomic E-state index is 7.84. The molecule has 0 unspecified atom stereocenters. The van der Waals surface area contributed by atoms with Crippen molar-refractivity contribution in [2.75, 3.05) is 52.9 Å². The maximum Gasteiger partial charge on any atom is 0.322 e. The van der Waals surface area contributed by atoms with Gasteiger partial charge in [0.1, 0.15) is 0 Å². The number of ether oxygens (including phenoxy) is 4. The van der Waals surface area contributed by atoms with Gasteiger partial charge in [0.25, 0.3) is 0 Å². The fourth-order valence-corrected chi connectivity index (χ4v) is 31.9. The van der Waals surface area contributed by atoms with Crippen LogP contribution in [0, 0.1) is 23.7 Å². The van der Waals surface area contributed by atoms with E-state index in [-0.39, 0.29) is 0 Å². The van der Waals surface area contributed by atoms with Gasteiger partial charge in [-0.2, -0.15) is 0 Å². The molecule has 0 aromatic rings. The van der Waals surface area contributed by atoms with Crippen molar-refractivity contribution in [2.24, 2.45) is 23.7 Å². The second-order valence-electron chi connectivity index (χ2n) is 15.9. The molecule has 8 nitrogen and oxygen atoms in total. The Balaban J connectivity index is 3.83. The first kappa shape index (κ1) is 46.6. The summed E-state index contributed by atoms with van der Waals surface area (Å²) >= 11 is 0. The Kier molecular flexibility index (Phi) is 24.0. The van der Waals surface area contributed by atoms with Crippen molar-refractivity contribution in [3.05, 3.63) is 0 Å². The summed E-state index contributed by atoms with van der Waals surface area (Å²) in [6.45, 7) is 32.3. The lowest BCUT2D eigenvalue weighted by atomic mass is 10.2. The maximum atomic E-state index is 7.84. The van der Waals surface area contributed by atoms with Gasteiger partial charge in [-0.1, -0.05) is 109 Å². The van der Waals surface area contributed by atoms with Gasteiger partial charge in [-0.05, 0) is 47.8 Å². The summed E-state index contributed by atoms with van der Waals surface area (Å²) in [5.41, 5.74) is 0. The van der Waals surface area contributed by atoms with Crippen molar-refractivity contribution in [2.45, 2.75) is 157 Å².